The topological polar surface area (TPSA) is 89.9 Å². The largest absolute Gasteiger partial charge is 0.481 e. The standard InChI is InChI=1S/C27H38O6/c1-7-15(2)23(29)33-21-16(3)18-9-10-20-25(5)12-8-13-26(6,24(30)31)19(25)11-14-27(20,21)22(18)32-17(4)28/h7,18-22H,3,8-14H2,1-2,4-6H3,(H,30,31)/b15-7-/t18-,19?,20?,21?,22?,25-,26-,27-/m1/s1. The highest BCUT2D eigenvalue weighted by Crippen LogP contribution is 2.73. The molecule has 1 N–H and O–H groups in total. The summed E-state index contributed by atoms with van der Waals surface area (Å²) < 4.78 is 12.2. The maximum Gasteiger partial charge on any atom is 0.333 e. The molecular weight excluding hydrogens is 420 g/mol. The highest BCUT2D eigenvalue weighted by atomic mass is 16.6. The highest BCUT2D eigenvalue weighted by molar-refractivity contribution is 5.88. The third-order valence-electron chi connectivity index (χ3n) is 10.0. The quantitative estimate of drug-likeness (QED) is 0.359. The van der Waals surface area contributed by atoms with Gasteiger partial charge in [-0.1, -0.05) is 26.0 Å². The van der Waals surface area contributed by atoms with E-state index in [1.165, 1.54) is 6.92 Å². The Bertz CT molecular complexity index is 920. The zero-order valence-electron chi connectivity index (χ0n) is 20.6. The molecule has 0 aromatic rings. The van der Waals surface area contributed by atoms with Gasteiger partial charge in [-0.05, 0) is 82.1 Å². The van der Waals surface area contributed by atoms with Crippen molar-refractivity contribution in [2.45, 2.75) is 91.8 Å². The monoisotopic (exact) mass is 458 g/mol. The zero-order chi connectivity index (χ0) is 24.3. The molecule has 4 saturated carbocycles. The number of carbonyl (C=O) groups is 3. The number of carboxylic acid groups (broad SMARTS) is 1. The first-order chi connectivity index (χ1) is 15.4. The van der Waals surface area contributed by atoms with Gasteiger partial charge in [-0.2, -0.15) is 0 Å². The van der Waals surface area contributed by atoms with Crippen molar-refractivity contribution in [2.75, 3.05) is 0 Å². The van der Waals surface area contributed by atoms with Crippen molar-refractivity contribution in [3.05, 3.63) is 23.8 Å². The first-order valence-corrected chi connectivity index (χ1v) is 12.4. The van der Waals surface area contributed by atoms with Crippen LogP contribution < -0.4 is 0 Å². The van der Waals surface area contributed by atoms with Crippen LogP contribution in [0.4, 0.5) is 0 Å². The molecule has 4 unspecified atom stereocenters. The van der Waals surface area contributed by atoms with Gasteiger partial charge in [-0.3, -0.25) is 9.59 Å². The molecule has 0 radical (unpaired) electrons. The van der Waals surface area contributed by atoms with Gasteiger partial charge in [0.25, 0.3) is 0 Å². The van der Waals surface area contributed by atoms with Crippen LogP contribution >= 0.6 is 0 Å². The van der Waals surface area contributed by atoms with Crippen molar-refractivity contribution in [3.8, 4) is 0 Å². The van der Waals surface area contributed by atoms with Gasteiger partial charge in [-0.15, -0.1) is 0 Å². The van der Waals surface area contributed by atoms with E-state index >= 15 is 0 Å². The summed E-state index contributed by atoms with van der Waals surface area (Å²) in [5, 5.41) is 10.2. The predicted molar refractivity (Wildman–Crippen MR) is 123 cm³/mol. The molecule has 8 atom stereocenters. The second-order valence-corrected chi connectivity index (χ2v) is 11.4. The van der Waals surface area contributed by atoms with E-state index in [0.717, 1.165) is 31.3 Å². The predicted octanol–water partition coefficient (Wildman–Crippen LogP) is 5.07. The van der Waals surface area contributed by atoms with Gasteiger partial charge in [0.05, 0.1) is 10.8 Å². The van der Waals surface area contributed by atoms with E-state index in [2.05, 4.69) is 13.5 Å². The third-order valence-corrected chi connectivity index (χ3v) is 10.0. The molecule has 4 aliphatic rings. The molecule has 0 saturated heterocycles. The summed E-state index contributed by atoms with van der Waals surface area (Å²) >= 11 is 0. The molecule has 0 aromatic heterocycles. The summed E-state index contributed by atoms with van der Waals surface area (Å²) in [4.78, 5) is 37.5. The molecule has 6 nitrogen and oxygen atoms in total. The van der Waals surface area contributed by atoms with Crippen LogP contribution in [0.1, 0.15) is 79.6 Å². The first kappa shape index (κ1) is 24.0. The molecule has 0 aromatic carbocycles. The van der Waals surface area contributed by atoms with E-state index in [1.54, 1.807) is 13.0 Å². The van der Waals surface area contributed by atoms with E-state index in [4.69, 9.17) is 9.47 Å². The maximum atomic E-state index is 12.9. The average Bonchev–Trinajstić information content (AvgIpc) is 2.86. The Morgan fingerprint density at radius 2 is 1.73 bits per heavy atom. The van der Waals surface area contributed by atoms with Crippen molar-refractivity contribution in [1.29, 1.82) is 0 Å². The lowest BCUT2D eigenvalue weighted by Crippen LogP contribution is -2.64. The zero-order valence-corrected chi connectivity index (χ0v) is 20.6. The minimum Gasteiger partial charge on any atom is -0.481 e. The number of carbonyl (C=O) groups excluding carboxylic acids is 2. The Hall–Kier alpha value is -2.11. The number of hydrogen-bond acceptors (Lipinski definition) is 5. The van der Waals surface area contributed by atoms with Crippen LogP contribution in [0.3, 0.4) is 0 Å². The molecule has 33 heavy (non-hydrogen) atoms. The second kappa shape index (κ2) is 7.99. The smallest absolute Gasteiger partial charge is 0.333 e. The number of hydrogen-bond donors (Lipinski definition) is 1. The van der Waals surface area contributed by atoms with Crippen LogP contribution in [-0.4, -0.2) is 35.2 Å². The van der Waals surface area contributed by atoms with Crippen LogP contribution in [-0.2, 0) is 23.9 Å². The van der Waals surface area contributed by atoms with Crippen LogP contribution in [0.2, 0.25) is 0 Å². The Morgan fingerprint density at radius 1 is 1.03 bits per heavy atom. The number of esters is 2. The summed E-state index contributed by atoms with van der Waals surface area (Å²) in [7, 11) is 0. The van der Waals surface area contributed by atoms with Crippen LogP contribution in [0.15, 0.2) is 23.8 Å². The number of ether oxygens (including phenoxy) is 2. The Labute approximate surface area is 196 Å². The molecule has 0 amide bonds. The summed E-state index contributed by atoms with van der Waals surface area (Å²) in [5.41, 5.74) is -0.182. The fourth-order valence-corrected chi connectivity index (χ4v) is 8.48. The molecule has 4 fully saturated rings. The fourth-order valence-electron chi connectivity index (χ4n) is 8.48. The van der Waals surface area contributed by atoms with Gasteiger partial charge in [-0.25, -0.2) is 4.79 Å². The van der Waals surface area contributed by atoms with Gasteiger partial charge >= 0.3 is 17.9 Å². The van der Waals surface area contributed by atoms with E-state index in [1.807, 2.05) is 13.8 Å². The third kappa shape index (κ3) is 3.23. The summed E-state index contributed by atoms with van der Waals surface area (Å²) in [5.74, 6) is -1.33. The van der Waals surface area contributed by atoms with E-state index in [0.29, 0.717) is 24.8 Å². The van der Waals surface area contributed by atoms with Crippen molar-refractivity contribution >= 4 is 17.9 Å². The molecule has 2 bridgehead atoms. The molecule has 4 aliphatic carbocycles. The molecular formula is C27H38O6. The Morgan fingerprint density at radius 3 is 2.33 bits per heavy atom. The van der Waals surface area contributed by atoms with Gasteiger partial charge in [0.15, 0.2) is 0 Å². The van der Waals surface area contributed by atoms with Crippen molar-refractivity contribution in [3.63, 3.8) is 0 Å². The summed E-state index contributed by atoms with van der Waals surface area (Å²) in [6.07, 6.45) is 6.39. The number of rotatable bonds is 4. The number of allylic oxidation sites excluding steroid dienone is 1. The lowest BCUT2D eigenvalue weighted by Gasteiger charge is -2.64. The van der Waals surface area contributed by atoms with Crippen LogP contribution in [0.5, 0.6) is 0 Å². The molecule has 182 valence electrons. The molecule has 6 heteroatoms. The van der Waals surface area contributed by atoms with Gasteiger partial charge in [0.1, 0.15) is 12.2 Å². The Balaban J connectivity index is 1.83. The lowest BCUT2D eigenvalue weighted by atomic mass is 9.40. The van der Waals surface area contributed by atoms with Crippen LogP contribution in [0, 0.1) is 34.0 Å². The van der Waals surface area contributed by atoms with Crippen LogP contribution in [0.25, 0.3) is 0 Å². The summed E-state index contributed by atoms with van der Waals surface area (Å²) in [6.45, 7) is 13.5. The minimum absolute atomic E-state index is 0.0314. The lowest BCUT2D eigenvalue weighted by molar-refractivity contribution is -0.224. The van der Waals surface area contributed by atoms with E-state index < -0.39 is 22.9 Å². The SMILES string of the molecule is C=C1C(OC(=O)/C(C)=C\C)[C@@]23CCC4[C@@](C)(CCC[C@@]4(C)C(=O)O)C2CC[C@H]1C3OC(C)=O. The molecule has 0 heterocycles. The van der Waals surface area contributed by atoms with E-state index in [-0.39, 0.29) is 41.2 Å². The summed E-state index contributed by atoms with van der Waals surface area (Å²) in [6, 6.07) is 0. The van der Waals surface area contributed by atoms with Crippen molar-refractivity contribution in [1.82, 2.24) is 0 Å². The normalized spacial score (nSPS) is 44.5. The fraction of sp³-hybridized carbons (Fsp3) is 0.741. The Kier molecular flexibility index (Phi) is 5.82. The van der Waals surface area contributed by atoms with Gasteiger partial charge in [0, 0.05) is 18.4 Å². The van der Waals surface area contributed by atoms with E-state index in [9.17, 15) is 19.5 Å². The number of fused-ring (bicyclic) bond motifs is 3. The first-order valence-electron chi connectivity index (χ1n) is 12.4. The van der Waals surface area contributed by atoms with Crippen molar-refractivity contribution in [2.24, 2.45) is 34.0 Å². The number of carboxylic acids is 1. The van der Waals surface area contributed by atoms with Gasteiger partial charge in [0.2, 0.25) is 0 Å². The average molecular weight is 459 g/mol. The molecule has 1 spiro atoms. The number of aliphatic carboxylic acids is 1. The van der Waals surface area contributed by atoms with Crippen molar-refractivity contribution < 1.29 is 29.0 Å². The second-order valence-electron chi connectivity index (χ2n) is 11.4. The maximum absolute atomic E-state index is 12.9. The molecule has 0 aliphatic heterocycles. The highest BCUT2D eigenvalue weighted by Gasteiger charge is 2.73. The molecule has 4 rings (SSSR count). The van der Waals surface area contributed by atoms with Gasteiger partial charge < -0.3 is 14.6 Å². The minimum atomic E-state index is -0.772.